The van der Waals surface area contributed by atoms with Gasteiger partial charge in [0.05, 0.1) is 0 Å². The van der Waals surface area contributed by atoms with Gasteiger partial charge in [0.15, 0.2) is 0 Å². The highest BCUT2D eigenvalue weighted by molar-refractivity contribution is 9.09. The molecule has 0 bridgehead atoms. The molecule has 0 fully saturated rings. The van der Waals surface area contributed by atoms with Gasteiger partial charge in [-0.2, -0.15) is 0 Å². The molecule has 0 rings (SSSR count). The molecule has 0 aliphatic heterocycles. The van der Waals surface area contributed by atoms with Crippen LogP contribution in [0, 0.1) is 5.92 Å². The minimum Gasteiger partial charge on any atom is -0.0925 e. The number of hydrogen-bond acceptors (Lipinski definition) is 0. The summed E-state index contributed by atoms with van der Waals surface area (Å²) >= 11 is 3.51. The van der Waals surface area contributed by atoms with Gasteiger partial charge in [-0.15, -0.1) is 0 Å². The zero-order chi connectivity index (χ0) is 7.11. The molecule has 0 spiro atoms. The summed E-state index contributed by atoms with van der Waals surface area (Å²) in [7, 11) is 0. The Kier molecular flexibility index (Phi) is 6.95. The molecule has 0 N–H and O–H groups in total. The van der Waals surface area contributed by atoms with Gasteiger partial charge >= 0.3 is 0 Å². The van der Waals surface area contributed by atoms with Crippen molar-refractivity contribution in [3.05, 3.63) is 0 Å². The van der Waals surface area contributed by atoms with Crippen LogP contribution in [-0.4, -0.2) is 5.33 Å². The van der Waals surface area contributed by atoms with Crippen molar-refractivity contribution in [3.63, 3.8) is 0 Å². The predicted molar refractivity (Wildman–Crippen MR) is 47.1 cm³/mol. The van der Waals surface area contributed by atoms with Gasteiger partial charge in [-0.25, -0.2) is 0 Å². The quantitative estimate of drug-likeness (QED) is 0.585. The smallest absolute Gasteiger partial charge is 0.00595 e. The molecular weight excluding hydrogens is 176 g/mol. The fourth-order valence-corrected chi connectivity index (χ4v) is 1.66. The summed E-state index contributed by atoms with van der Waals surface area (Å²) in [6, 6.07) is 0. The maximum absolute atomic E-state index is 3.51. The highest BCUT2D eigenvalue weighted by atomic mass is 79.9. The lowest BCUT2D eigenvalue weighted by Gasteiger charge is -2.08. The molecule has 56 valence electrons. The molecule has 0 radical (unpaired) electrons. The van der Waals surface area contributed by atoms with Gasteiger partial charge in [0.1, 0.15) is 0 Å². The zero-order valence-corrected chi connectivity index (χ0v) is 8.08. The lowest BCUT2D eigenvalue weighted by Crippen LogP contribution is -1.98. The van der Waals surface area contributed by atoms with Crippen LogP contribution in [0.2, 0.25) is 0 Å². The third-order valence-electron chi connectivity index (χ3n) is 1.76. The van der Waals surface area contributed by atoms with Gasteiger partial charge in [-0.3, -0.25) is 0 Å². The number of hydrogen-bond donors (Lipinski definition) is 0. The van der Waals surface area contributed by atoms with Crippen LogP contribution in [0.4, 0.5) is 0 Å². The summed E-state index contributed by atoms with van der Waals surface area (Å²) < 4.78 is 0. The second kappa shape index (κ2) is 6.60. The van der Waals surface area contributed by atoms with Crippen LogP contribution in [0.15, 0.2) is 0 Å². The topological polar surface area (TPSA) is 0 Å². The third-order valence-corrected chi connectivity index (χ3v) is 2.68. The normalized spacial score (nSPS) is 13.7. The van der Waals surface area contributed by atoms with Crippen LogP contribution >= 0.6 is 15.9 Å². The van der Waals surface area contributed by atoms with Crippen molar-refractivity contribution in [3.8, 4) is 0 Å². The van der Waals surface area contributed by atoms with Gasteiger partial charge in [0, 0.05) is 5.33 Å². The second-order valence-corrected chi connectivity index (χ2v) is 3.22. The molecule has 0 saturated heterocycles. The summed E-state index contributed by atoms with van der Waals surface area (Å²) in [5.74, 6) is 0.921. The van der Waals surface area contributed by atoms with E-state index in [0.29, 0.717) is 0 Å². The Morgan fingerprint density at radius 3 is 2.33 bits per heavy atom. The van der Waals surface area contributed by atoms with Crippen LogP contribution in [-0.2, 0) is 0 Å². The molecule has 0 aromatic rings. The first-order valence-corrected chi connectivity index (χ1v) is 5.03. The van der Waals surface area contributed by atoms with Crippen LogP contribution in [0.3, 0.4) is 0 Å². The Morgan fingerprint density at radius 2 is 2.00 bits per heavy atom. The van der Waals surface area contributed by atoms with Crippen molar-refractivity contribution in [1.29, 1.82) is 0 Å². The molecule has 0 aromatic heterocycles. The van der Waals surface area contributed by atoms with E-state index in [2.05, 4.69) is 29.8 Å². The summed E-state index contributed by atoms with van der Waals surface area (Å²) in [6.45, 7) is 4.52. The summed E-state index contributed by atoms with van der Waals surface area (Å²) in [4.78, 5) is 0. The van der Waals surface area contributed by atoms with E-state index in [1.165, 1.54) is 31.0 Å². The van der Waals surface area contributed by atoms with Crippen molar-refractivity contribution in [2.45, 2.75) is 39.5 Å². The number of unbranched alkanes of at least 4 members (excludes halogenated alkanes) is 1. The van der Waals surface area contributed by atoms with E-state index in [1.807, 2.05) is 0 Å². The molecule has 0 unspecified atom stereocenters. The molecule has 0 nitrogen and oxygen atoms in total. The SMILES string of the molecule is CCCC[C@@H](CC)CBr. The Hall–Kier alpha value is 0.480. The van der Waals surface area contributed by atoms with Crippen molar-refractivity contribution in [2.75, 3.05) is 5.33 Å². The largest absolute Gasteiger partial charge is 0.0925 e. The van der Waals surface area contributed by atoms with E-state index in [1.54, 1.807) is 0 Å². The minimum atomic E-state index is 0.921. The van der Waals surface area contributed by atoms with Crippen LogP contribution in [0.25, 0.3) is 0 Å². The first kappa shape index (κ1) is 9.48. The molecule has 0 aliphatic carbocycles. The van der Waals surface area contributed by atoms with Gasteiger partial charge in [0.25, 0.3) is 0 Å². The lowest BCUT2D eigenvalue weighted by atomic mass is 10.0. The van der Waals surface area contributed by atoms with Gasteiger partial charge < -0.3 is 0 Å². The highest BCUT2D eigenvalue weighted by Gasteiger charge is 2.01. The molecule has 1 heteroatoms. The molecule has 0 heterocycles. The Morgan fingerprint density at radius 1 is 1.33 bits per heavy atom. The average molecular weight is 193 g/mol. The zero-order valence-electron chi connectivity index (χ0n) is 6.49. The van der Waals surface area contributed by atoms with E-state index >= 15 is 0 Å². The Bertz CT molecular complexity index is 48.5. The van der Waals surface area contributed by atoms with E-state index < -0.39 is 0 Å². The first-order valence-electron chi connectivity index (χ1n) is 3.91. The molecule has 0 amide bonds. The van der Waals surface area contributed by atoms with Crippen molar-refractivity contribution >= 4 is 15.9 Å². The second-order valence-electron chi connectivity index (χ2n) is 2.57. The van der Waals surface area contributed by atoms with Crippen LogP contribution in [0.5, 0.6) is 0 Å². The summed E-state index contributed by atoms with van der Waals surface area (Å²) in [5.41, 5.74) is 0. The van der Waals surface area contributed by atoms with Gasteiger partial charge in [0.2, 0.25) is 0 Å². The monoisotopic (exact) mass is 192 g/mol. The number of halogens is 1. The summed E-state index contributed by atoms with van der Waals surface area (Å²) in [6.07, 6.45) is 5.46. The van der Waals surface area contributed by atoms with Crippen molar-refractivity contribution < 1.29 is 0 Å². The molecular formula is C8H17Br. The molecule has 0 aliphatic rings. The molecule has 0 saturated carbocycles. The van der Waals surface area contributed by atoms with Crippen LogP contribution < -0.4 is 0 Å². The maximum atomic E-state index is 3.51. The Balaban J connectivity index is 3.09. The number of alkyl halides is 1. The molecule has 0 aromatic carbocycles. The maximum Gasteiger partial charge on any atom is 0.00595 e. The molecule has 1 atom stereocenters. The fraction of sp³-hybridized carbons (Fsp3) is 1.00. The minimum absolute atomic E-state index is 0.921. The average Bonchev–Trinajstić information content (AvgIpc) is 1.91. The first-order chi connectivity index (χ1) is 4.35. The molecule has 9 heavy (non-hydrogen) atoms. The van der Waals surface area contributed by atoms with Crippen LogP contribution in [0.1, 0.15) is 39.5 Å². The van der Waals surface area contributed by atoms with Crippen molar-refractivity contribution in [1.82, 2.24) is 0 Å². The standard InChI is InChI=1S/C8H17Br/c1-3-5-6-8(4-2)7-9/h8H,3-7H2,1-2H3/t8-/m1/s1. The van der Waals surface area contributed by atoms with E-state index in [4.69, 9.17) is 0 Å². The number of rotatable bonds is 5. The highest BCUT2D eigenvalue weighted by Crippen LogP contribution is 2.14. The van der Waals surface area contributed by atoms with Gasteiger partial charge in [-0.05, 0) is 12.3 Å². The Labute approximate surface area is 67.2 Å². The summed E-state index contributed by atoms with van der Waals surface area (Å²) in [5, 5.41) is 1.18. The van der Waals surface area contributed by atoms with Gasteiger partial charge in [-0.1, -0.05) is 49.0 Å². The lowest BCUT2D eigenvalue weighted by molar-refractivity contribution is 0.502. The third kappa shape index (κ3) is 4.95. The van der Waals surface area contributed by atoms with E-state index in [9.17, 15) is 0 Å². The van der Waals surface area contributed by atoms with E-state index in [-0.39, 0.29) is 0 Å². The van der Waals surface area contributed by atoms with E-state index in [0.717, 1.165) is 5.92 Å². The fourth-order valence-electron chi connectivity index (χ4n) is 0.883. The van der Waals surface area contributed by atoms with Crippen molar-refractivity contribution in [2.24, 2.45) is 5.92 Å². The predicted octanol–water partition coefficient (Wildman–Crippen LogP) is 3.60.